The second kappa shape index (κ2) is 8.08. The number of benzene rings is 2. The second-order valence-electron chi connectivity index (χ2n) is 6.13. The Balaban J connectivity index is 1.72. The molecule has 0 radical (unpaired) electrons. The summed E-state index contributed by atoms with van der Waals surface area (Å²) in [7, 11) is 0. The summed E-state index contributed by atoms with van der Waals surface area (Å²) >= 11 is 0. The van der Waals surface area contributed by atoms with Crippen molar-refractivity contribution >= 4 is 5.91 Å². The number of carbonyl (C=O) groups is 1. The van der Waals surface area contributed by atoms with E-state index in [-0.39, 0.29) is 24.0 Å². The maximum absolute atomic E-state index is 12.5. The molecule has 2 aromatic carbocycles. The van der Waals surface area contributed by atoms with Gasteiger partial charge in [0.1, 0.15) is 6.04 Å². The molecule has 4 heteroatoms. The third-order valence-electron chi connectivity index (χ3n) is 4.48. The molecule has 3 rings (SSSR count). The smallest absolute Gasteiger partial charge is 0.239 e. The summed E-state index contributed by atoms with van der Waals surface area (Å²) in [5, 5.41) is 6.33. The Morgan fingerprint density at radius 3 is 2.25 bits per heavy atom. The summed E-state index contributed by atoms with van der Waals surface area (Å²) < 4.78 is 5.56. The van der Waals surface area contributed by atoms with Crippen LogP contribution in [-0.4, -0.2) is 37.7 Å². The predicted molar refractivity (Wildman–Crippen MR) is 94.9 cm³/mol. The Labute approximate surface area is 143 Å². The van der Waals surface area contributed by atoms with Crippen LogP contribution in [-0.2, 0) is 9.53 Å². The van der Waals surface area contributed by atoms with Crippen molar-refractivity contribution in [3.05, 3.63) is 71.8 Å². The van der Waals surface area contributed by atoms with Gasteiger partial charge in [0.2, 0.25) is 5.91 Å². The van der Waals surface area contributed by atoms with Crippen molar-refractivity contribution in [3.63, 3.8) is 0 Å². The Morgan fingerprint density at radius 1 is 1.12 bits per heavy atom. The lowest BCUT2D eigenvalue weighted by Gasteiger charge is -2.30. The summed E-state index contributed by atoms with van der Waals surface area (Å²) in [4.78, 5) is 12.5. The van der Waals surface area contributed by atoms with E-state index in [2.05, 4.69) is 34.9 Å². The Hall–Kier alpha value is -2.17. The summed E-state index contributed by atoms with van der Waals surface area (Å²) in [5.74, 6) is 0.134. The normalized spacial score (nSPS) is 20.8. The van der Waals surface area contributed by atoms with E-state index in [0.29, 0.717) is 19.7 Å². The number of hydrogen-bond acceptors (Lipinski definition) is 3. The van der Waals surface area contributed by atoms with Crippen molar-refractivity contribution in [1.82, 2.24) is 10.6 Å². The highest BCUT2D eigenvalue weighted by Gasteiger charge is 2.28. The number of rotatable bonds is 5. The molecule has 0 saturated carbocycles. The van der Waals surface area contributed by atoms with Crippen LogP contribution in [0.5, 0.6) is 0 Å². The molecular weight excluding hydrogens is 300 g/mol. The molecule has 2 aromatic rings. The Kier molecular flexibility index (Phi) is 5.62. The molecule has 0 bridgehead atoms. The molecule has 1 fully saturated rings. The van der Waals surface area contributed by atoms with Crippen LogP contribution in [0.1, 0.15) is 24.0 Å². The molecule has 24 heavy (non-hydrogen) atoms. The standard InChI is InChI=1S/C20H24N2O2/c1-15-19(21-12-13-24-15)20(23)22-14-18(16-8-4-2-5-9-16)17-10-6-3-7-11-17/h2-11,15,18-19,21H,12-14H2,1H3,(H,22,23)/t15-,19+/m1/s1. The van der Waals surface area contributed by atoms with Crippen LogP contribution in [0.15, 0.2) is 60.7 Å². The summed E-state index contributed by atoms with van der Waals surface area (Å²) in [6, 6.07) is 20.3. The summed E-state index contributed by atoms with van der Waals surface area (Å²) in [6.07, 6.45) is -0.106. The molecular formula is C20H24N2O2. The van der Waals surface area contributed by atoms with Gasteiger partial charge in [-0.1, -0.05) is 60.7 Å². The van der Waals surface area contributed by atoms with E-state index < -0.39 is 0 Å². The first-order chi connectivity index (χ1) is 11.8. The number of morpholine rings is 1. The van der Waals surface area contributed by atoms with Crippen LogP contribution in [0.4, 0.5) is 0 Å². The van der Waals surface area contributed by atoms with E-state index in [1.165, 1.54) is 11.1 Å². The number of ether oxygens (including phenoxy) is 1. The Bertz CT molecular complexity index is 606. The first-order valence-electron chi connectivity index (χ1n) is 8.48. The molecule has 0 aromatic heterocycles. The zero-order valence-electron chi connectivity index (χ0n) is 13.9. The molecule has 0 spiro atoms. The highest BCUT2D eigenvalue weighted by molar-refractivity contribution is 5.82. The average molecular weight is 324 g/mol. The summed E-state index contributed by atoms with van der Waals surface area (Å²) in [6.45, 7) is 3.87. The zero-order valence-corrected chi connectivity index (χ0v) is 13.9. The molecule has 126 valence electrons. The predicted octanol–water partition coefficient (Wildman–Crippen LogP) is 2.31. The number of amides is 1. The van der Waals surface area contributed by atoms with Gasteiger partial charge in [0.15, 0.2) is 0 Å². The van der Waals surface area contributed by atoms with E-state index in [9.17, 15) is 4.79 Å². The van der Waals surface area contributed by atoms with Gasteiger partial charge in [0, 0.05) is 19.0 Å². The fourth-order valence-electron chi connectivity index (χ4n) is 3.14. The molecule has 1 saturated heterocycles. The quantitative estimate of drug-likeness (QED) is 0.887. The third kappa shape index (κ3) is 4.02. The molecule has 1 heterocycles. The minimum atomic E-state index is -0.286. The molecule has 2 N–H and O–H groups in total. The van der Waals surface area contributed by atoms with E-state index in [1.54, 1.807) is 0 Å². The van der Waals surface area contributed by atoms with Crippen LogP contribution in [0, 0.1) is 0 Å². The van der Waals surface area contributed by atoms with Gasteiger partial charge in [0.05, 0.1) is 12.7 Å². The molecule has 1 amide bonds. The van der Waals surface area contributed by atoms with Gasteiger partial charge in [0.25, 0.3) is 0 Å². The minimum Gasteiger partial charge on any atom is -0.375 e. The second-order valence-corrected chi connectivity index (χ2v) is 6.13. The van der Waals surface area contributed by atoms with Gasteiger partial charge >= 0.3 is 0 Å². The van der Waals surface area contributed by atoms with Gasteiger partial charge in [-0.25, -0.2) is 0 Å². The van der Waals surface area contributed by atoms with Gasteiger partial charge in [-0.2, -0.15) is 0 Å². The topological polar surface area (TPSA) is 50.4 Å². The maximum atomic E-state index is 12.5. The molecule has 0 aliphatic carbocycles. The fraction of sp³-hybridized carbons (Fsp3) is 0.350. The van der Waals surface area contributed by atoms with Crippen molar-refractivity contribution in [1.29, 1.82) is 0 Å². The van der Waals surface area contributed by atoms with Crippen molar-refractivity contribution in [2.24, 2.45) is 0 Å². The SMILES string of the molecule is C[C@H]1OCCN[C@@H]1C(=O)NCC(c1ccccc1)c1ccccc1. The summed E-state index contributed by atoms with van der Waals surface area (Å²) in [5.41, 5.74) is 2.40. The van der Waals surface area contributed by atoms with Crippen LogP contribution < -0.4 is 10.6 Å². The highest BCUT2D eigenvalue weighted by Crippen LogP contribution is 2.23. The molecule has 1 aliphatic heterocycles. The van der Waals surface area contributed by atoms with Crippen molar-refractivity contribution in [2.75, 3.05) is 19.7 Å². The largest absolute Gasteiger partial charge is 0.375 e. The van der Waals surface area contributed by atoms with E-state index in [0.717, 1.165) is 0 Å². The van der Waals surface area contributed by atoms with Crippen molar-refractivity contribution in [3.8, 4) is 0 Å². The minimum absolute atomic E-state index is 0.000868. The van der Waals surface area contributed by atoms with Crippen molar-refractivity contribution in [2.45, 2.75) is 25.0 Å². The highest BCUT2D eigenvalue weighted by atomic mass is 16.5. The number of nitrogens with one attached hydrogen (secondary N) is 2. The number of carbonyl (C=O) groups excluding carboxylic acids is 1. The monoisotopic (exact) mass is 324 g/mol. The first-order valence-corrected chi connectivity index (χ1v) is 8.48. The lowest BCUT2D eigenvalue weighted by atomic mass is 9.91. The van der Waals surface area contributed by atoms with Crippen molar-refractivity contribution < 1.29 is 9.53 Å². The van der Waals surface area contributed by atoms with Crippen LogP contribution >= 0.6 is 0 Å². The lowest BCUT2D eigenvalue weighted by molar-refractivity contribution is -0.128. The van der Waals surface area contributed by atoms with Crippen LogP contribution in [0.3, 0.4) is 0 Å². The van der Waals surface area contributed by atoms with Crippen LogP contribution in [0.25, 0.3) is 0 Å². The molecule has 2 atom stereocenters. The lowest BCUT2D eigenvalue weighted by Crippen LogP contribution is -2.55. The fourth-order valence-corrected chi connectivity index (χ4v) is 3.14. The van der Waals surface area contributed by atoms with Gasteiger partial charge in [-0.3, -0.25) is 4.79 Å². The zero-order chi connectivity index (χ0) is 16.8. The molecule has 4 nitrogen and oxygen atoms in total. The number of hydrogen-bond donors (Lipinski definition) is 2. The van der Waals surface area contributed by atoms with Gasteiger partial charge in [-0.15, -0.1) is 0 Å². The van der Waals surface area contributed by atoms with E-state index >= 15 is 0 Å². The third-order valence-corrected chi connectivity index (χ3v) is 4.48. The average Bonchev–Trinajstić information content (AvgIpc) is 2.64. The molecule has 0 unspecified atom stereocenters. The first kappa shape index (κ1) is 16.7. The maximum Gasteiger partial charge on any atom is 0.239 e. The van der Waals surface area contributed by atoms with Gasteiger partial charge < -0.3 is 15.4 Å². The van der Waals surface area contributed by atoms with Gasteiger partial charge in [-0.05, 0) is 18.1 Å². The molecule has 1 aliphatic rings. The van der Waals surface area contributed by atoms with E-state index in [4.69, 9.17) is 4.74 Å². The van der Waals surface area contributed by atoms with Crippen LogP contribution in [0.2, 0.25) is 0 Å². The van der Waals surface area contributed by atoms with E-state index in [1.807, 2.05) is 43.3 Å². The Morgan fingerprint density at radius 2 is 1.71 bits per heavy atom.